The van der Waals surface area contributed by atoms with Gasteiger partial charge in [0.1, 0.15) is 10.4 Å². The normalized spacial score (nSPS) is 10.5. The summed E-state index contributed by atoms with van der Waals surface area (Å²) in [7, 11) is 0. The van der Waals surface area contributed by atoms with E-state index >= 15 is 0 Å². The van der Waals surface area contributed by atoms with Crippen molar-refractivity contribution >= 4 is 31.9 Å². The van der Waals surface area contributed by atoms with Gasteiger partial charge in [-0.1, -0.05) is 15.9 Å². The molecule has 1 aromatic carbocycles. The van der Waals surface area contributed by atoms with E-state index in [0.29, 0.717) is 20.5 Å². The predicted molar refractivity (Wildman–Crippen MR) is 67.6 cm³/mol. The second-order valence-electron chi connectivity index (χ2n) is 3.31. The minimum Gasteiger partial charge on any atom is -0.233 e. The minimum atomic E-state index is -0.314. The van der Waals surface area contributed by atoms with E-state index in [1.807, 2.05) is 6.92 Å². The number of halogens is 3. The summed E-state index contributed by atoms with van der Waals surface area (Å²) in [5.74, 6) is 0.192. The van der Waals surface area contributed by atoms with Crippen molar-refractivity contribution in [2.45, 2.75) is 6.92 Å². The highest BCUT2D eigenvalue weighted by Crippen LogP contribution is 2.23. The lowest BCUT2D eigenvalue weighted by atomic mass is 10.2. The Hall–Kier alpha value is -0.810. The van der Waals surface area contributed by atoms with Crippen LogP contribution in [-0.4, -0.2) is 9.97 Å². The van der Waals surface area contributed by atoms with Gasteiger partial charge in [0.2, 0.25) is 0 Å². The largest absolute Gasteiger partial charge is 0.233 e. The molecule has 0 atom stereocenters. The van der Waals surface area contributed by atoms with Gasteiger partial charge in [-0.15, -0.1) is 0 Å². The van der Waals surface area contributed by atoms with Crippen LogP contribution in [0.1, 0.15) is 5.69 Å². The molecule has 1 heterocycles. The first-order valence-electron chi connectivity index (χ1n) is 4.52. The number of hydrogen-bond donors (Lipinski definition) is 0. The van der Waals surface area contributed by atoms with Crippen molar-refractivity contribution in [1.29, 1.82) is 0 Å². The van der Waals surface area contributed by atoms with Crippen molar-refractivity contribution < 1.29 is 4.39 Å². The third-order valence-electron chi connectivity index (χ3n) is 1.94. The van der Waals surface area contributed by atoms with E-state index in [4.69, 9.17) is 0 Å². The lowest BCUT2D eigenvalue weighted by molar-refractivity contribution is 0.627. The Morgan fingerprint density at radius 3 is 2.44 bits per heavy atom. The Kier molecular flexibility index (Phi) is 3.35. The van der Waals surface area contributed by atoms with Crippen molar-refractivity contribution in [3.63, 3.8) is 0 Å². The summed E-state index contributed by atoms with van der Waals surface area (Å²) in [6, 6.07) is 6.39. The fourth-order valence-electron chi connectivity index (χ4n) is 1.34. The van der Waals surface area contributed by atoms with Crippen LogP contribution in [0.15, 0.2) is 33.3 Å². The standard InChI is InChI=1S/C11H7Br2FN2/c1-6-2-10(13)16-11(15-6)7-3-8(12)5-9(14)4-7/h2-5H,1H3. The van der Waals surface area contributed by atoms with Crippen molar-refractivity contribution in [3.8, 4) is 11.4 Å². The molecule has 0 unspecified atom stereocenters. The number of rotatable bonds is 1. The van der Waals surface area contributed by atoms with E-state index in [9.17, 15) is 4.39 Å². The van der Waals surface area contributed by atoms with E-state index < -0.39 is 0 Å². The summed E-state index contributed by atoms with van der Waals surface area (Å²) in [4.78, 5) is 8.46. The first-order valence-corrected chi connectivity index (χ1v) is 6.11. The summed E-state index contributed by atoms with van der Waals surface area (Å²) in [5.41, 5.74) is 1.48. The summed E-state index contributed by atoms with van der Waals surface area (Å²) in [5, 5.41) is 0. The van der Waals surface area contributed by atoms with Crippen molar-refractivity contribution in [1.82, 2.24) is 9.97 Å². The minimum absolute atomic E-state index is 0.314. The molecule has 0 saturated heterocycles. The highest BCUT2D eigenvalue weighted by molar-refractivity contribution is 9.10. The van der Waals surface area contributed by atoms with Crippen molar-refractivity contribution in [2.75, 3.05) is 0 Å². The van der Waals surface area contributed by atoms with Gasteiger partial charge in [0.25, 0.3) is 0 Å². The van der Waals surface area contributed by atoms with Crippen molar-refractivity contribution in [2.24, 2.45) is 0 Å². The number of benzene rings is 1. The Morgan fingerprint density at radius 2 is 1.81 bits per heavy atom. The van der Waals surface area contributed by atoms with E-state index in [1.165, 1.54) is 12.1 Å². The monoisotopic (exact) mass is 344 g/mol. The zero-order valence-corrected chi connectivity index (χ0v) is 11.5. The molecule has 16 heavy (non-hydrogen) atoms. The lowest BCUT2D eigenvalue weighted by Crippen LogP contribution is -1.93. The molecule has 2 rings (SSSR count). The maximum absolute atomic E-state index is 13.2. The molecule has 2 nitrogen and oxygen atoms in total. The molecule has 1 aromatic heterocycles. The summed E-state index contributed by atoms with van der Waals surface area (Å²) in [6.07, 6.45) is 0. The molecule has 2 aromatic rings. The van der Waals surface area contributed by atoms with Crippen LogP contribution < -0.4 is 0 Å². The fraction of sp³-hybridized carbons (Fsp3) is 0.0909. The van der Waals surface area contributed by atoms with Gasteiger partial charge in [0, 0.05) is 15.7 Å². The van der Waals surface area contributed by atoms with Gasteiger partial charge < -0.3 is 0 Å². The third kappa shape index (κ3) is 2.65. The molecule has 5 heteroatoms. The second-order valence-corrected chi connectivity index (χ2v) is 5.04. The van der Waals surface area contributed by atoms with Crippen LogP contribution in [0.25, 0.3) is 11.4 Å². The van der Waals surface area contributed by atoms with E-state index in [2.05, 4.69) is 41.8 Å². The summed E-state index contributed by atoms with van der Waals surface area (Å²) >= 11 is 6.53. The van der Waals surface area contributed by atoms with Gasteiger partial charge in [-0.3, -0.25) is 0 Å². The average Bonchev–Trinajstić information content (AvgIpc) is 2.14. The van der Waals surface area contributed by atoms with E-state index in [1.54, 1.807) is 12.1 Å². The molecule has 0 aliphatic heterocycles. The highest BCUT2D eigenvalue weighted by atomic mass is 79.9. The molecule has 0 fully saturated rings. The van der Waals surface area contributed by atoms with Crippen LogP contribution in [0, 0.1) is 12.7 Å². The van der Waals surface area contributed by atoms with Crippen LogP contribution in [-0.2, 0) is 0 Å². The van der Waals surface area contributed by atoms with E-state index in [0.717, 1.165) is 5.69 Å². The molecule has 0 aliphatic rings. The van der Waals surface area contributed by atoms with Crippen LogP contribution in [0.2, 0.25) is 0 Å². The first kappa shape index (κ1) is 11.7. The molecule has 0 N–H and O–H groups in total. The Bertz CT molecular complexity index is 454. The molecule has 0 aliphatic carbocycles. The van der Waals surface area contributed by atoms with Crippen LogP contribution in [0.3, 0.4) is 0 Å². The number of aryl methyl sites for hydroxylation is 1. The number of hydrogen-bond acceptors (Lipinski definition) is 2. The fourth-order valence-corrected chi connectivity index (χ4v) is 2.31. The topological polar surface area (TPSA) is 25.8 Å². The molecule has 0 radical (unpaired) electrons. The Labute approximate surface area is 109 Å². The van der Waals surface area contributed by atoms with Gasteiger partial charge in [-0.05, 0) is 47.1 Å². The summed E-state index contributed by atoms with van der Waals surface area (Å²) < 4.78 is 14.6. The zero-order chi connectivity index (χ0) is 11.7. The number of nitrogens with zero attached hydrogens (tertiary/aromatic N) is 2. The zero-order valence-electron chi connectivity index (χ0n) is 8.34. The summed E-state index contributed by atoms with van der Waals surface area (Å²) in [6.45, 7) is 1.87. The SMILES string of the molecule is Cc1cc(Br)nc(-c2cc(F)cc(Br)c2)n1. The highest BCUT2D eigenvalue weighted by Gasteiger charge is 2.06. The van der Waals surface area contributed by atoms with Crippen LogP contribution >= 0.6 is 31.9 Å². The van der Waals surface area contributed by atoms with Gasteiger partial charge in [-0.25, -0.2) is 14.4 Å². The molecule has 0 bridgehead atoms. The second kappa shape index (κ2) is 4.59. The van der Waals surface area contributed by atoms with Crippen LogP contribution in [0.5, 0.6) is 0 Å². The molecule has 0 saturated carbocycles. The molecular formula is C11H7Br2FN2. The van der Waals surface area contributed by atoms with Crippen LogP contribution in [0.4, 0.5) is 4.39 Å². The first-order chi connectivity index (χ1) is 7.54. The lowest BCUT2D eigenvalue weighted by Gasteiger charge is -2.03. The molecule has 0 amide bonds. The van der Waals surface area contributed by atoms with Gasteiger partial charge in [-0.2, -0.15) is 0 Å². The molecule has 82 valence electrons. The maximum atomic E-state index is 13.2. The average molecular weight is 346 g/mol. The predicted octanol–water partition coefficient (Wildman–Crippen LogP) is 4.12. The number of aromatic nitrogens is 2. The van der Waals surface area contributed by atoms with Crippen molar-refractivity contribution in [3.05, 3.63) is 44.9 Å². The van der Waals surface area contributed by atoms with Gasteiger partial charge >= 0.3 is 0 Å². The Morgan fingerprint density at radius 1 is 1.06 bits per heavy atom. The molecule has 0 spiro atoms. The van der Waals surface area contributed by atoms with E-state index in [-0.39, 0.29) is 5.82 Å². The quantitative estimate of drug-likeness (QED) is 0.727. The Balaban J connectivity index is 2.57. The smallest absolute Gasteiger partial charge is 0.160 e. The molecular weight excluding hydrogens is 339 g/mol. The third-order valence-corrected chi connectivity index (χ3v) is 2.81. The van der Waals surface area contributed by atoms with Gasteiger partial charge in [0.15, 0.2) is 5.82 Å². The maximum Gasteiger partial charge on any atom is 0.160 e. The van der Waals surface area contributed by atoms with Gasteiger partial charge in [0.05, 0.1) is 0 Å².